The number of aromatic nitrogens is 3. The van der Waals surface area contributed by atoms with E-state index in [1.54, 1.807) is 6.20 Å². The predicted molar refractivity (Wildman–Crippen MR) is 158 cm³/mol. The highest BCUT2D eigenvalue weighted by molar-refractivity contribution is 6.33. The van der Waals surface area contributed by atoms with Crippen LogP contribution < -0.4 is 5.32 Å². The smallest absolute Gasteiger partial charge is 0.410 e. The molecule has 0 bridgehead atoms. The maximum absolute atomic E-state index is 12.5. The summed E-state index contributed by atoms with van der Waals surface area (Å²) in [7, 11) is 0. The molecule has 9 heteroatoms. The topological polar surface area (TPSA) is 86.4 Å². The molecule has 2 N–H and O–H groups in total. The lowest BCUT2D eigenvalue weighted by Crippen LogP contribution is -2.50. The van der Waals surface area contributed by atoms with Crippen LogP contribution in [0.2, 0.25) is 5.02 Å². The second-order valence-electron chi connectivity index (χ2n) is 10.8. The number of rotatable bonds is 7. The van der Waals surface area contributed by atoms with Crippen molar-refractivity contribution in [2.24, 2.45) is 5.92 Å². The van der Waals surface area contributed by atoms with E-state index < -0.39 is 0 Å². The Morgan fingerprint density at radius 1 is 1.05 bits per heavy atom. The Morgan fingerprint density at radius 3 is 2.70 bits per heavy atom. The normalized spacial score (nSPS) is 20.0. The number of fused-ring (bicyclic) bond motifs is 1. The lowest BCUT2D eigenvalue weighted by molar-refractivity contribution is 0.0656. The highest BCUT2D eigenvalue weighted by atomic mass is 35.5. The lowest BCUT2D eigenvalue weighted by atomic mass is 9.85. The summed E-state index contributed by atoms with van der Waals surface area (Å²) in [5.41, 5.74) is 3.79. The van der Waals surface area contributed by atoms with Crippen LogP contribution in [0.4, 0.5) is 10.7 Å². The van der Waals surface area contributed by atoms with E-state index in [4.69, 9.17) is 21.3 Å². The Labute approximate surface area is 239 Å². The summed E-state index contributed by atoms with van der Waals surface area (Å²) in [5.74, 6) is 1.22. The van der Waals surface area contributed by atoms with Crippen molar-refractivity contribution in [1.29, 1.82) is 0 Å². The van der Waals surface area contributed by atoms with E-state index in [-0.39, 0.29) is 6.09 Å². The number of hydrogen-bond donors (Lipinski definition) is 2. The molecular weight excluding hydrogens is 524 g/mol. The number of nitrogens with zero attached hydrogens (tertiary/aromatic N) is 4. The Bertz CT molecular complexity index is 1440. The number of carbonyl (C=O) groups excluding carboxylic acids is 1. The third kappa shape index (κ3) is 6.24. The molecular formula is C31H35ClN6O2. The first-order valence-electron chi connectivity index (χ1n) is 14.2. The molecule has 2 aromatic carbocycles. The van der Waals surface area contributed by atoms with Crippen LogP contribution in [0, 0.1) is 5.92 Å². The largest absolute Gasteiger partial charge is 0.445 e. The number of anilines is 1. The molecule has 2 aliphatic rings. The Hall–Kier alpha value is -3.62. The summed E-state index contributed by atoms with van der Waals surface area (Å²) < 4.78 is 5.52. The van der Waals surface area contributed by atoms with E-state index in [1.807, 2.05) is 59.6 Å². The molecule has 2 unspecified atom stereocenters. The molecule has 1 saturated heterocycles. The summed E-state index contributed by atoms with van der Waals surface area (Å²) in [6.45, 7) is 4.53. The minimum atomic E-state index is -0.222. The van der Waals surface area contributed by atoms with Gasteiger partial charge in [0.1, 0.15) is 6.61 Å². The number of piperazine rings is 1. The molecule has 4 aromatic rings. The van der Waals surface area contributed by atoms with Gasteiger partial charge in [0.15, 0.2) is 0 Å². The van der Waals surface area contributed by atoms with Crippen molar-refractivity contribution >= 4 is 34.5 Å². The van der Waals surface area contributed by atoms with Gasteiger partial charge in [0, 0.05) is 61.4 Å². The maximum atomic E-state index is 12.5. The Balaban J connectivity index is 1.00. The SMILES string of the molecule is O=C(OCc1ccccc1)N1CCN(CC2CCCC(Nc3ncc(Cl)c(-c4c[nH]c5ccccc45)n3)C2)CC1. The zero-order valence-electron chi connectivity index (χ0n) is 22.6. The lowest BCUT2D eigenvalue weighted by Gasteiger charge is -2.38. The van der Waals surface area contributed by atoms with E-state index in [1.165, 1.54) is 12.8 Å². The molecule has 208 valence electrons. The van der Waals surface area contributed by atoms with Crippen molar-refractivity contribution in [2.75, 3.05) is 38.0 Å². The van der Waals surface area contributed by atoms with Crippen molar-refractivity contribution in [2.45, 2.75) is 38.3 Å². The summed E-state index contributed by atoms with van der Waals surface area (Å²) in [6.07, 6.45) is 8.01. The van der Waals surface area contributed by atoms with Gasteiger partial charge in [-0.15, -0.1) is 0 Å². The number of aromatic amines is 1. The number of ether oxygens (including phenoxy) is 1. The molecule has 0 radical (unpaired) electrons. The fourth-order valence-electron chi connectivity index (χ4n) is 5.95. The second kappa shape index (κ2) is 12.3. The van der Waals surface area contributed by atoms with Gasteiger partial charge in [-0.1, -0.05) is 66.6 Å². The molecule has 1 aliphatic carbocycles. The van der Waals surface area contributed by atoms with Gasteiger partial charge in [0.2, 0.25) is 5.95 Å². The van der Waals surface area contributed by atoms with E-state index >= 15 is 0 Å². The molecule has 8 nitrogen and oxygen atoms in total. The molecule has 0 spiro atoms. The fraction of sp³-hybridized carbons (Fsp3) is 0.387. The number of H-pyrrole nitrogens is 1. The molecule has 40 heavy (non-hydrogen) atoms. The van der Waals surface area contributed by atoms with Crippen LogP contribution in [0.15, 0.2) is 67.0 Å². The first-order chi connectivity index (χ1) is 19.6. The summed E-state index contributed by atoms with van der Waals surface area (Å²) in [5, 5.41) is 5.23. The molecule has 1 saturated carbocycles. The standard InChI is InChI=1S/C31H35ClN6O2/c32-27-19-34-30(36-29(27)26-18-33-28-12-5-4-11-25(26)28)35-24-10-6-9-23(17-24)20-37-13-15-38(16-14-37)31(39)40-21-22-7-2-1-3-8-22/h1-5,7-8,11-12,18-19,23-24,33H,6,9-10,13-17,20-21H2,(H,34,35,36). The summed E-state index contributed by atoms with van der Waals surface area (Å²) in [4.78, 5) is 29.5. The van der Waals surface area contributed by atoms with Gasteiger partial charge in [-0.05, 0) is 36.8 Å². The number of hydrogen-bond acceptors (Lipinski definition) is 6. The number of carbonyl (C=O) groups is 1. The van der Waals surface area contributed by atoms with Crippen LogP contribution in [0.3, 0.4) is 0 Å². The zero-order chi connectivity index (χ0) is 27.3. The van der Waals surface area contributed by atoms with Crippen LogP contribution in [0.1, 0.15) is 31.2 Å². The van der Waals surface area contributed by atoms with E-state index in [2.05, 4.69) is 26.3 Å². The molecule has 1 aliphatic heterocycles. The summed E-state index contributed by atoms with van der Waals surface area (Å²) >= 11 is 6.53. The minimum absolute atomic E-state index is 0.222. The van der Waals surface area contributed by atoms with Gasteiger partial charge in [0.25, 0.3) is 0 Å². The van der Waals surface area contributed by atoms with Crippen molar-refractivity contribution in [3.8, 4) is 11.3 Å². The number of benzene rings is 2. The zero-order valence-corrected chi connectivity index (χ0v) is 23.3. The van der Waals surface area contributed by atoms with Crippen molar-refractivity contribution in [1.82, 2.24) is 24.8 Å². The second-order valence-corrected chi connectivity index (χ2v) is 11.2. The van der Waals surface area contributed by atoms with Gasteiger partial charge < -0.3 is 19.9 Å². The van der Waals surface area contributed by atoms with Crippen molar-refractivity contribution in [3.63, 3.8) is 0 Å². The first kappa shape index (κ1) is 26.6. The highest BCUT2D eigenvalue weighted by Crippen LogP contribution is 2.33. The maximum Gasteiger partial charge on any atom is 0.410 e. The predicted octanol–water partition coefficient (Wildman–Crippen LogP) is 6.20. The van der Waals surface area contributed by atoms with E-state index in [0.717, 1.165) is 60.2 Å². The van der Waals surface area contributed by atoms with E-state index in [9.17, 15) is 4.79 Å². The minimum Gasteiger partial charge on any atom is -0.445 e. The Kier molecular flexibility index (Phi) is 8.16. The monoisotopic (exact) mass is 558 g/mol. The molecule has 3 heterocycles. The van der Waals surface area contributed by atoms with Gasteiger partial charge in [-0.2, -0.15) is 0 Å². The number of halogens is 1. The average Bonchev–Trinajstić information content (AvgIpc) is 3.42. The Morgan fingerprint density at radius 2 is 1.85 bits per heavy atom. The van der Waals surface area contributed by atoms with Gasteiger partial charge >= 0.3 is 6.09 Å². The van der Waals surface area contributed by atoms with Gasteiger partial charge in [-0.25, -0.2) is 14.8 Å². The molecule has 6 rings (SSSR count). The third-order valence-corrected chi connectivity index (χ3v) is 8.33. The van der Waals surface area contributed by atoms with Crippen LogP contribution in [0.25, 0.3) is 22.2 Å². The van der Waals surface area contributed by atoms with Crippen LogP contribution in [-0.4, -0.2) is 69.6 Å². The first-order valence-corrected chi connectivity index (χ1v) is 14.5. The average molecular weight is 559 g/mol. The molecule has 2 fully saturated rings. The third-order valence-electron chi connectivity index (χ3n) is 8.06. The van der Waals surface area contributed by atoms with Crippen LogP contribution in [-0.2, 0) is 11.3 Å². The number of amides is 1. The molecule has 2 aromatic heterocycles. The fourth-order valence-corrected chi connectivity index (χ4v) is 6.15. The quantitative estimate of drug-likeness (QED) is 0.281. The van der Waals surface area contributed by atoms with Gasteiger partial charge in [0.05, 0.1) is 16.9 Å². The highest BCUT2D eigenvalue weighted by Gasteiger charge is 2.28. The molecule has 1 amide bonds. The summed E-state index contributed by atoms with van der Waals surface area (Å²) in [6, 6.07) is 18.3. The van der Waals surface area contributed by atoms with Crippen LogP contribution >= 0.6 is 11.6 Å². The molecule has 2 atom stereocenters. The number of para-hydroxylation sites is 1. The van der Waals surface area contributed by atoms with Crippen molar-refractivity contribution < 1.29 is 9.53 Å². The van der Waals surface area contributed by atoms with Gasteiger partial charge in [-0.3, -0.25) is 4.90 Å². The van der Waals surface area contributed by atoms with E-state index in [0.29, 0.717) is 42.6 Å². The van der Waals surface area contributed by atoms with Crippen LogP contribution in [0.5, 0.6) is 0 Å². The van der Waals surface area contributed by atoms with Crippen molar-refractivity contribution in [3.05, 3.63) is 77.6 Å². The number of nitrogens with one attached hydrogen (secondary N) is 2.